The van der Waals surface area contributed by atoms with E-state index in [1.807, 2.05) is 30.3 Å². The highest BCUT2D eigenvalue weighted by molar-refractivity contribution is 5.99. The summed E-state index contributed by atoms with van der Waals surface area (Å²) in [4.78, 5) is 12.1. The summed E-state index contributed by atoms with van der Waals surface area (Å²) in [5, 5.41) is 20.0. The van der Waals surface area contributed by atoms with Crippen LogP contribution in [-0.4, -0.2) is 35.3 Å². The Kier molecular flexibility index (Phi) is 5.69. The molecule has 116 valence electrons. The summed E-state index contributed by atoms with van der Waals surface area (Å²) < 4.78 is 5.02. The smallest absolute Gasteiger partial charge is 0.193 e. The van der Waals surface area contributed by atoms with Crippen LogP contribution in [0.2, 0.25) is 0 Å². The summed E-state index contributed by atoms with van der Waals surface area (Å²) in [6, 6.07) is 16.1. The number of ketones is 1. The minimum absolute atomic E-state index is 0.326. The zero-order chi connectivity index (χ0) is 15.9. The molecular weight excluding hydrogens is 280 g/mol. The van der Waals surface area contributed by atoms with E-state index in [-0.39, 0.29) is 0 Å². The fourth-order valence-corrected chi connectivity index (χ4v) is 2.22. The van der Waals surface area contributed by atoms with Crippen LogP contribution < -0.4 is 4.74 Å². The van der Waals surface area contributed by atoms with Crippen LogP contribution in [0.5, 0.6) is 5.75 Å². The van der Waals surface area contributed by atoms with Gasteiger partial charge in [-0.1, -0.05) is 30.3 Å². The zero-order valence-corrected chi connectivity index (χ0v) is 12.5. The molecule has 0 aliphatic carbocycles. The third-order valence-corrected chi connectivity index (χ3v) is 3.58. The van der Waals surface area contributed by atoms with Gasteiger partial charge in [-0.05, 0) is 42.7 Å². The number of aryl methyl sites for hydroxylation is 1. The number of benzene rings is 2. The maximum absolute atomic E-state index is 12.1. The lowest BCUT2D eigenvalue weighted by Gasteiger charge is -2.17. The topological polar surface area (TPSA) is 66.8 Å². The van der Waals surface area contributed by atoms with Crippen LogP contribution in [0, 0.1) is 0 Å². The molecule has 2 N–H and O–H groups in total. The summed E-state index contributed by atoms with van der Waals surface area (Å²) in [6.45, 7) is 0. The fraction of sp³-hybridized carbons (Fsp3) is 0.278. The molecule has 2 aromatic rings. The third kappa shape index (κ3) is 4.16. The van der Waals surface area contributed by atoms with Crippen LogP contribution in [0.15, 0.2) is 54.6 Å². The highest BCUT2D eigenvalue weighted by Gasteiger charge is 2.25. The summed E-state index contributed by atoms with van der Waals surface area (Å²) in [5.41, 5.74) is 1.41. The average Bonchev–Trinajstić information content (AvgIpc) is 2.59. The first-order valence-electron chi connectivity index (χ1n) is 7.20. The van der Waals surface area contributed by atoms with E-state index in [0.29, 0.717) is 24.2 Å². The van der Waals surface area contributed by atoms with Gasteiger partial charge in [-0.2, -0.15) is 0 Å². The Balaban J connectivity index is 1.93. The van der Waals surface area contributed by atoms with Gasteiger partial charge >= 0.3 is 0 Å². The molecule has 22 heavy (non-hydrogen) atoms. The van der Waals surface area contributed by atoms with Gasteiger partial charge in [0.2, 0.25) is 0 Å². The van der Waals surface area contributed by atoms with Crippen LogP contribution in [0.3, 0.4) is 0 Å². The van der Waals surface area contributed by atoms with Crippen LogP contribution in [0.4, 0.5) is 0 Å². The van der Waals surface area contributed by atoms with Crippen molar-refractivity contribution < 1.29 is 19.7 Å². The Morgan fingerprint density at radius 3 is 2.27 bits per heavy atom. The molecule has 0 saturated carbocycles. The van der Waals surface area contributed by atoms with Gasteiger partial charge in [0.1, 0.15) is 11.9 Å². The second-order valence-corrected chi connectivity index (χ2v) is 5.13. The number of Topliss-reactive ketones (excluding diaryl/α,β-unsaturated/α-hetero) is 1. The summed E-state index contributed by atoms with van der Waals surface area (Å²) >= 11 is 0. The number of hydrogen-bond donors (Lipinski definition) is 2. The lowest BCUT2D eigenvalue weighted by Crippen LogP contribution is -2.34. The Hall–Kier alpha value is -2.17. The average molecular weight is 300 g/mol. The molecule has 0 heterocycles. The maximum Gasteiger partial charge on any atom is 0.193 e. The molecule has 2 rings (SSSR count). The first kappa shape index (κ1) is 16.2. The molecule has 0 unspecified atom stereocenters. The van der Waals surface area contributed by atoms with E-state index in [1.54, 1.807) is 31.4 Å². The normalized spacial score (nSPS) is 13.4. The lowest BCUT2D eigenvalue weighted by molar-refractivity contribution is 0.0179. The van der Waals surface area contributed by atoms with Gasteiger partial charge in [0.15, 0.2) is 5.78 Å². The fourth-order valence-electron chi connectivity index (χ4n) is 2.22. The number of ether oxygens (including phenoxy) is 1. The first-order valence-corrected chi connectivity index (χ1v) is 7.20. The van der Waals surface area contributed by atoms with Crippen molar-refractivity contribution in [2.75, 3.05) is 7.11 Å². The van der Waals surface area contributed by atoms with Crippen molar-refractivity contribution in [3.05, 3.63) is 65.7 Å². The van der Waals surface area contributed by atoms with Crippen molar-refractivity contribution in [3.63, 3.8) is 0 Å². The van der Waals surface area contributed by atoms with E-state index in [1.165, 1.54) is 0 Å². The molecule has 0 saturated heterocycles. The van der Waals surface area contributed by atoms with E-state index in [2.05, 4.69) is 0 Å². The number of aliphatic hydroxyl groups excluding tert-OH is 2. The monoisotopic (exact) mass is 300 g/mol. The van der Waals surface area contributed by atoms with E-state index in [0.717, 1.165) is 5.56 Å². The minimum Gasteiger partial charge on any atom is -0.497 e. The van der Waals surface area contributed by atoms with Crippen LogP contribution in [-0.2, 0) is 6.42 Å². The number of rotatable bonds is 7. The van der Waals surface area contributed by atoms with Crippen molar-refractivity contribution in [3.8, 4) is 5.75 Å². The van der Waals surface area contributed by atoms with Gasteiger partial charge in [0, 0.05) is 5.56 Å². The van der Waals surface area contributed by atoms with Crippen LogP contribution >= 0.6 is 0 Å². The molecule has 2 atom stereocenters. The van der Waals surface area contributed by atoms with E-state index >= 15 is 0 Å². The van der Waals surface area contributed by atoms with Gasteiger partial charge < -0.3 is 14.9 Å². The van der Waals surface area contributed by atoms with Crippen LogP contribution in [0.25, 0.3) is 0 Å². The molecule has 0 aromatic heterocycles. The van der Waals surface area contributed by atoms with Crippen molar-refractivity contribution in [2.45, 2.75) is 25.0 Å². The van der Waals surface area contributed by atoms with Gasteiger partial charge in [-0.25, -0.2) is 0 Å². The van der Waals surface area contributed by atoms with E-state index in [4.69, 9.17) is 4.74 Å². The standard InChI is InChI=1S/C18H20O4/c1-22-15-10-8-14(9-11-15)17(20)18(21)16(19)12-7-13-5-3-2-4-6-13/h2-6,8-11,16,18-19,21H,7,12H2,1H3/t16-,18+/m0/s1. The summed E-state index contributed by atoms with van der Waals surface area (Å²) in [7, 11) is 1.54. The highest BCUT2D eigenvalue weighted by atomic mass is 16.5. The minimum atomic E-state index is -1.42. The van der Waals surface area contributed by atoms with Crippen LogP contribution in [0.1, 0.15) is 22.3 Å². The molecule has 0 radical (unpaired) electrons. The molecule has 2 aromatic carbocycles. The van der Waals surface area contributed by atoms with Crippen molar-refractivity contribution in [2.24, 2.45) is 0 Å². The molecular formula is C18H20O4. The quantitative estimate of drug-likeness (QED) is 0.770. The second kappa shape index (κ2) is 7.73. The predicted octanol–water partition coefficient (Wildman–Crippen LogP) is 2.23. The number of hydrogen-bond acceptors (Lipinski definition) is 4. The third-order valence-electron chi connectivity index (χ3n) is 3.58. The molecule has 0 aliphatic heterocycles. The molecule has 4 nitrogen and oxygen atoms in total. The first-order chi connectivity index (χ1) is 10.6. The van der Waals surface area contributed by atoms with E-state index in [9.17, 15) is 15.0 Å². The number of aliphatic hydroxyl groups is 2. The SMILES string of the molecule is COc1ccc(C(=O)[C@H](O)[C@@H](O)CCc2ccccc2)cc1. The Morgan fingerprint density at radius 1 is 1.05 bits per heavy atom. The lowest BCUT2D eigenvalue weighted by atomic mass is 9.97. The Labute approximate surface area is 130 Å². The molecule has 0 fully saturated rings. The highest BCUT2D eigenvalue weighted by Crippen LogP contribution is 2.15. The molecule has 0 aliphatic rings. The largest absolute Gasteiger partial charge is 0.497 e. The molecule has 4 heteroatoms. The number of carbonyl (C=O) groups is 1. The van der Waals surface area contributed by atoms with E-state index < -0.39 is 18.0 Å². The van der Waals surface area contributed by atoms with Gasteiger partial charge in [-0.3, -0.25) is 4.79 Å². The molecule has 0 bridgehead atoms. The Morgan fingerprint density at radius 2 is 1.68 bits per heavy atom. The number of carbonyl (C=O) groups excluding carboxylic acids is 1. The molecule has 0 spiro atoms. The zero-order valence-electron chi connectivity index (χ0n) is 12.5. The van der Waals surface area contributed by atoms with Crippen molar-refractivity contribution in [1.82, 2.24) is 0 Å². The second-order valence-electron chi connectivity index (χ2n) is 5.13. The van der Waals surface area contributed by atoms with Gasteiger partial charge in [0.25, 0.3) is 0 Å². The van der Waals surface area contributed by atoms with Gasteiger partial charge in [0.05, 0.1) is 13.2 Å². The Bertz CT molecular complexity index is 592. The summed E-state index contributed by atoms with van der Waals surface area (Å²) in [6.07, 6.45) is -1.57. The molecule has 0 amide bonds. The van der Waals surface area contributed by atoms with Gasteiger partial charge in [-0.15, -0.1) is 0 Å². The summed E-state index contributed by atoms with van der Waals surface area (Å²) in [5.74, 6) is 0.152. The maximum atomic E-state index is 12.1. The predicted molar refractivity (Wildman–Crippen MR) is 84.1 cm³/mol. The number of methoxy groups -OCH3 is 1. The van der Waals surface area contributed by atoms with Crippen molar-refractivity contribution >= 4 is 5.78 Å². The van der Waals surface area contributed by atoms with Crippen molar-refractivity contribution in [1.29, 1.82) is 0 Å².